The van der Waals surface area contributed by atoms with Crippen LogP contribution in [0.3, 0.4) is 0 Å². The van der Waals surface area contributed by atoms with Crippen molar-refractivity contribution >= 4 is 11.6 Å². The third-order valence-corrected chi connectivity index (χ3v) is 4.64. The Morgan fingerprint density at radius 1 is 0.964 bits per heavy atom. The van der Waals surface area contributed by atoms with Gasteiger partial charge in [0.25, 0.3) is 5.91 Å². The number of carbonyl (C=O) groups is 1. The first kappa shape index (κ1) is 21.8. The number of rotatable bonds is 12. The van der Waals surface area contributed by atoms with Gasteiger partial charge >= 0.3 is 0 Å². The number of hydrogen-bond donors (Lipinski definition) is 1. The monoisotopic (exact) mass is 383 g/mol. The van der Waals surface area contributed by atoms with Crippen LogP contribution in [0.4, 0.5) is 5.69 Å². The van der Waals surface area contributed by atoms with Crippen LogP contribution in [-0.2, 0) is 0 Å². The van der Waals surface area contributed by atoms with E-state index in [0.29, 0.717) is 11.3 Å². The summed E-state index contributed by atoms with van der Waals surface area (Å²) in [5.74, 6) is 1.39. The van der Waals surface area contributed by atoms with E-state index in [2.05, 4.69) is 19.2 Å². The molecule has 0 bridgehead atoms. The lowest BCUT2D eigenvalue weighted by Crippen LogP contribution is -2.13. The molecule has 4 nitrogen and oxygen atoms in total. The second kappa shape index (κ2) is 12.1. The van der Waals surface area contributed by atoms with Crippen molar-refractivity contribution < 1.29 is 14.3 Å². The van der Waals surface area contributed by atoms with Crippen LogP contribution in [0.1, 0.15) is 69.7 Å². The Hall–Kier alpha value is -2.49. The van der Waals surface area contributed by atoms with Crippen LogP contribution in [0.5, 0.6) is 11.5 Å². The molecule has 0 radical (unpaired) electrons. The maximum Gasteiger partial charge on any atom is 0.255 e. The molecule has 2 aromatic rings. The van der Waals surface area contributed by atoms with E-state index in [4.69, 9.17) is 9.47 Å². The average Bonchev–Trinajstić information content (AvgIpc) is 2.72. The van der Waals surface area contributed by atoms with Crippen LogP contribution in [0, 0.1) is 0 Å². The van der Waals surface area contributed by atoms with Crippen molar-refractivity contribution in [1.82, 2.24) is 0 Å². The number of anilines is 1. The Morgan fingerprint density at radius 3 is 2.43 bits per heavy atom. The Labute approximate surface area is 169 Å². The predicted octanol–water partition coefficient (Wildman–Crippen LogP) is 6.47. The van der Waals surface area contributed by atoms with Crippen molar-refractivity contribution in [3.05, 3.63) is 54.1 Å². The summed E-state index contributed by atoms with van der Waals surface area (Å²) in [7, 11) is 0. The summed E-state index contributed by atoms with van der Waals surface area (Å²) < 4.78 is 11.6. The highest BCUT2D eigenvalue weighted by molar-refractivity contribution is 6.04. The molecule has 0 aliphatic heterocycles. The van der Waals surface area contributed by atoms with Crippen LogP contribution in [0.2, 0.25) is 0 Å². The molecule has 2 aromatic carbocycles. The zero-order valence-corrected chi connectivity index (χ0v) is 17.4. The first-order chi connectivity index (χ1) is 13.6. The number of carbonyl (C=O) groups excluding carboxylic acids is 1. The normalized spacial score (nSPS) is 11.7. The van der Waals surface area contributed by atoms with E-state index in [1.807, 2.05) is 43.3 Å². The molecule has 0 fully saturated rings. The molecular weight excluding hydrogens is 350 g/mol. The molecule has 0 aliphatic carbocycles. The van der Waals surface area contributed by atoms with Gasteiger partial charge in [-0.3, -0.25) is 4.79 Å². The van der Waals surface area contributed by atoms with Gasteiger partial charge in [-0.25, -0.2) is 0 Å². The second-order valence-corrected chi connectivity index (χ2v) is 7.11. The van der Waals surface area contributed by atoms with Gasteiger partial charge < -0.3 is 14.8 Å². The summed E-state index contributed by atoms with van der Waals surface area (Å²) in [6.07, 6.45) is 7.15. The molecule has 1 amide bonds. The molecule has 0 aromatic heterocycles. The zero-order chi connectivity index (χ0) is 20.2. The Balaban J connectivity index is 1.83. The summed E-state index contributed by atoms with van der Waals surface area (Å²) in [6, 6.07) is 14.8. The van der Waals surface area contributed by atoms with Crippen LogP contribution >= 0.6 is 0 Å². The number of unbranched alkanes of at least 4 members (excludes halogenated alkanes) is 4. The SMILES string of the molecule is CCCCCCCOc1ccc(NC(=O)c2cccc(OC(C)CC)c2)cc1. The molecule has 0 spiro atoms. The number of benzene rings is 2. The highest BCUT2D eigenvalue weighted by atomic mass is 16.5. The van der Waals surface area contributed by atoms with E-state index in [-0.39, 0.29) is 12.0 Å². The van der Waals surface area contributed by atoms with Gasteiger partial charge in [-0.15, -0.1) is 0 Å². The molecule has 28 heavy (non-hydrogen) atoms. The lowest BCUT2D eigenvalue weighted by atomic mass is 10.2. The van der Waals surface area contributed by atoms with Gasteiger partial charge in [-0.05, 0) is 62.2 Å². The highest BCUT2D eigenvalue weighted by Gasteiger charge is 2.09. The van der Waals surface area contributed by atoms with Crippen molar-refractivity contribution in [3.63, 3.8) is 0 Å². The molecule has 4 heteroatoms. The quantitative estimate of drug-likeness (QED) is 0.428. The molecule has 2 rings (SSSR count). The van der Waals surface area contributed by atoms with Crippen molar-refractivity contribution in [1.29, 1.82) is 0 Å². The van der Waals surface area contributed by atoms with Gasteiger partial charge in [0.05, 0.1) is 12.7 Å². The number of ether oxygens (including phenoxy) is 2. The fraction of sp³-hybridized carbons (Fsp3) is 0.458. The minimum atomic E-state index is -0.154. The largest absolute Gasteiger partial charge is 0.494 e. The Kier molecular flexibility index (Phi) is 9.40. The molecule has 152 valence electrons. The molecule has 0 aliphatic rings. The first-order valence-corrected chi connectivity index (χ1v) is 10.4. The van der Waals surface area contributed by atoms with E-state index in [1.54, 1.807) is 12.1 Å². The number of hydrogen-bond acceptors (Lipinski definition) is 3. The molecule has 0 heterocycles. The van der Waals surface area contributed by atoms with Crippen LogP contribution in [-0.4, -0.2) is 18.6 Å². The minimum absolute atomic E-state index is 0.123. The molecule has 1 unspecified atom stereocenters. The molecule has 1 atom stereocenters. The van der Waals surface area contributed by atoms with Gasteiger partial charge in [0.1, 0.15) is 11.5 Å². The fourth-order valence-corrected chi connectivity index (χ4v) is 2.76. The Morgan fingerprint density at radius 2 is 1.71 bits per heavy atom. The molecule has 0 saturated heterocycles. The lowest BCUT2D eigenvalue weighted by molar-refractivity contribution is 0.102. The van der Waals surface area contributed by atoms with Crippen LogP contribution in [0.25, 0.3) is 0 Å². The lowest BCUT2D eigenvalue weighted by Gasteiger charge is -2.13. The summed E-state index contributed by atoms with van der Waals surface area (Å²) >= 11 is 0. The number of nitrogens with one attached hydrogen (secondary N) is 1. The van der Waals surface area contributed by atoms with Gasteiger partial charge in [0.15, 0.2) is 0 Å². The van der Waals surface area contributed by atoms with Crippen LogP contribution in [0.15, 0.2) is 48.5 Å². The van der Waals surface area contributed by atoms with E-state index in [9.17, 15) is 4.79 Å². The van der Waals surface area contributed by atoms with Crippen molar-refractivity contribution in [2.75, 3.05) is 11.9 Å². The smallest absolute Gasteiger partial charge is 0.255 e. The Bertz CT molecular complexity index is 712. The van der Waals surface area contributed by atoms with E-state index >= 15 is 0 Å². The third kappa shape index (κ3) is 7.63. The maximum atomic E-state index is 12.5. The van der Waals surface area contributed by atoms with Crippen molar-refractivity contribution in [2.45, 2.75) is 65.4 Å². The summed E-state index contributed by atoms with van der Waals surface area (Å²) in [4.78, 5) is 12.5. The zero-order valence-electron chi connectivity index (χ0n) is 17.4. The van der Waals surface area contributed by atoms with Crippen molar-refractivity contribution in [3.8, 4) is 11.5 Å². The van der Waals surface area contributed by atoms with Gasteiger partial charge in [-0.1, -0.05) is 45.6 Å². The van der Waals surface area contributed by atoms with Crippen LogP contribution < -0.4 is 14.8 Å². The fourth-order valence-electron chi connectivity index (χ4n) is 2.76. The minimum Gasteiger partial charge on any atom is -0.494 e. The topological polar surface area (TPSA) is 47.6 Å². The second-order valence-electron chi connectivity index (χ2n) is 7.11. The maximum absolute atomic E-state index is 12.5. The standard InChI is InChI=1S/C24H33NO3/c1-4-6-7-8-9-17-27-22-15-13-21(14-16-22)25-24(26)20-11-10-12-23(18-20)28-19(3)5-2/h10-16,18-19H,4-9,17H2,1-3H3,(H,25,26). The highest BCUT2D eigenvalue weighted by Crippen LogP contribution is 2.19. The molecule has 1 N–H and O–H groups in total. The number of amides is 1. The molecule has 0 saturated carbocycles. The average molecular weight is 384 g/mol. The summed E-state index contributed by atoms with van der Waals surface area (Å²) in [5, 5.41) is 2.92. The van der Waals surface area contributed by atoms with E-state index in [0.717, 1.165) is 30.9 Å². The van der Waals surface area contributed by atoms with E-state index < -0.39 is 0 Å². The summed E-state index contributed by atoms with van der Waals surface area (Å²) in [6.45, 7) is 7.04. The van der Waals surface area contributed by atoms with E-state index in [1.165, 1.54) is 25.7 Å². The van der Waals surface area contributed by atoms with Gasteiger partial charge in [0.2, 0.25) is 0 Å². The predicted molar refractivity (Wildman–Crippen MR) is 115 cm³/mol. The van der Waals surface area contributed by atoms with Gasteiger partial charge in [-0.2, -0.15) is 0 Å². The third-order valence-electron chi connectivity index (χ3n) is 4.64. The van der Waals surface area contributed by atoms with Crippen molar-refractivity contribution in [2.24, 2.45) is 0 Å². The first-order valence-electron chi connectivity index (χ1n) is 10.4. The van der Waals surface area contributed by atoms with Gasteiger partial charge in [0, 0.05) is 11.3 Å². The molecular formula is C24H33NO3. The summed E-state index contributed by atoms with van der Waals surface area (Å²) in [5.41, 5.74) is 1.32.